The van der Waals surface area contributed by atoms with Gasteiger partial charge in [-0.15, -0.1) is 0 Å². The number of aromatic carboxylic acids is 1. The first-order chi connectivity index (χ1) is 10.1. The fraction of sp³-hybridized carbons (Fsp3) is 0.0667. The molecule has 0 atom stereocenters. The van der Waals surface area contributed by atoms with Crippen LogP contribution < -0.4 is 5.69 Å². The molecule has 0 radical (unpaired) electrons. The Morgan fingerprint density at radius 1 is 1.24 bits per heavy atom. The molecule has 1 heterocycles. The van der Waals surface area contributed by atoms with Gasteiger partial charge in [0, 0.05) is 4.47 Å². The van der Waals surface area contributed by atoms with Crippen LogP contribution in [0.4, 0.5) is 0 Å². The van der Waals surface area contributed by atoms with Gasteiger partial charge in [-0.2, -0.15) is 0 Å². The Labute approximate surface area is 128 Å². The number of nitrogens with one attached hydrogen (secondary N) is 1. The average Bonchev–Trinajstić information content (AvgIpc) is 2.75. The van der Waals surface area contributed by atoms with Crippen molar-refractivity contribution >= 4 is 32.9 Å². The molecular weight excluding hydrogens is 336 g/mol. The molecule has 6 heteroatoms. The molecule has 2 N–H and O–H groups in total. The van der Waals surface area contributed by atoms with E-state index in [9.17, 15) is 14.7 Å². The Morgan fingerprint density at radius 2 is 2.00 bits per heavy atom. The van der Waals surface area contributed by atoms with Crippen LogP contribution >= 0.6 is 15.9 Å². The Balaban J connectivity index is 2.15. The zero-order chi connectivity index (χ0) is 15.0. The topological polar surface area (TPSA) is 75.1 Å². The lowest BCUT2D eigenvalue weighted by atomic mass is 10.2. The summed E-state index contributed by atoms with van der Waals surface area (Å²) in [5.41, 5.74) is 1.66. The molecule has 5 nitrogen and oxygen atoms in total. The standard InChI is InChI=1S/C15H11BrN2O3/c16-10-4-1-3-9(7-10)8-18-12-6-2-5-11(14(19)20)13(12)17-15(18)21/h1-7H,8H2,(H,17,21)(H,19,20). The molecule has 0 saturated carbocycles. The van der Waals surface area contributed by atoms with E-state index in [0.717, 1.165) is 10.0 Å². The first-order valence-electron chi connectivity index (χ1n) is 6.25. The molecule has 3 rings (SSSR count). The second-order valence-corrected chi connectivity index (χ2v) is 5.57. The van der Waals surface area contributed by atoms with Crippen molar-refractivity contribution in [3.05, 3.63) is 68.5 Å². The highest BCUT2D eigenvalue weighted by Gasteiger charge is 2.14. The molecule has 106 valence electrons. The zero-order valence-corrected chi connectivity index (χ0v) is 12.4. The van der Waals surface area contributed by atoms with E-state index in [4.69, 9.17) is 0 Å². The molecule has 0 aliphatic heterocycles. The van der Waals surface area contributed by atoms with Crippen molar-refractivity contribution in [1.82, 2.24) is 9.55 Å². The van der Waals surface area contributed by atoms with Crippen LogP contribution in [0.15, 0.2) is 51.7 Å². The first kappa shape index (κ1) is 13.6. The summed E-state index contributed by atoms with van der Waals surface area (Å²) in [6, 6.07) is 12.5. The smallest absolute Gasteiger partial charge is 0.337 e. The number of benzene rings is 2. The number of carboxylic acid groups (broad SMARTS) is 1. The van der Waals surface area contributed by atoms with E-state index < -0.39 is 5.97 Å². The highest BCUT2D eigenvalue weighted by molar-refractivity contribution is 9.10. The third-order valence-electron chi connectivity index (χ3n) is 3.27. The van der Waals surface area contributed by atoms with Gasteiger partial charge in [-0.05, 0) is 29.8 Å². The van der Waals surface area contributed by atoms with E-state index in [1.54, 1.807) is 12.1 Å². The van der Waals surface area contributed by atoms with E-state index in [1.807, 2.05) is 24.3 Å². The molecular formula is C15H11BrN2O3. The van der Waals surface area contributed by atoms with E-state index in [1.165, 1.54) is 10.6 Å². The highest BCUT2D eigenvalue weighted by atomic mass is 79.9. The van der Waals surface area contributed by atoms with Crippen molar-refractivity contribution < 1.29 is 9.90 Å². The minimum atomic E-state index is -1.06. The maximum Gasteiger partial charge on any atom is 0.337 e. The van der Waals surface area contributed by atoms with Crippen LogP contribution in [0.5, 0.6) is 0 Å². The second-order valence-electron chi connectivity index (χ2n) is 4.65. The third kappa shape index (κ3) is 2.50. The summed E-state index contributed by atoms with van der Waals surface area (Å²) in [4.78, 5) is 25.9. The Morgan fingerprint density at radius 3 is 2.71 bits per heavy atom. The number of H-pyrrole nitrogens is 1. The SMILES string of the molecule is O=C(O)c1cccc2c1[nH]c(=O)n2Cc1cccc(Br)c1. The van der Waals surface area contributed by atoms with Gasteiger partial charge >= 0.3 is 11.7 Å². The van der Waals surface area contributed by atoms with Gasteiger partial charge in [-0.25, -0.2) is 9.59 Å². The maximum absolute atomic E-state index is 12.1. The van der Waals surface area contributed by atoms with Crippen molar-refractivity contribution in [2.45, 2.75) is 6.54 Å². The van der Waals surface area contributed by atoms with E-state index in [-0.39, 0.29) is 11.3 Å². The van der Waals surface area contributed by atoms with Gasteiger partial charge in [0.1, 0.15) is 0 Å². The van der Waals surface area contributed by atoms with Crippen LogP contribution in [0.1, 0.15) is 15.9 Å². The molecule has 0 fully saturated rings. The molecule has 3 aromatic rings. The number of fused-ring (bicyclic) bond motifs is 1. The lowest BCUT2D eigenvalue weighted by Crippen LogP contribution is -2.17. The quantitative estimate of drug-likeness (QED) is 0.765. The third-order valence-corrected chi connectivity index (χ3v) is 3.76. The van der Waals surface area contributed by atoms with Crippen LogP contribution in [0.3, 0.4) is 0 Å². The lowest BCUT2D eigenvalue weighted by molar-refractivity contribution is 0.0699. The van der Waals surface area contributed by atoms with Crippen molar-refractivity contribution in [1.29, 1.82) is 0 Å². The molecule has 0 saturated heterocycles. The average molecular weight is 347 g/mol. The van der Waals surface area contributed by atoms with Gasteiger partial charge in [0.05, 0.1) is 23.1 Å². The molecule has 0 spiro atoms. The number of carboxylic acids is 1. The van der Waals surface area contributed by atoms with Crippen molar-refractivity contribution in [3.8, 4) is 0 Å². The number of hydrogen-bond donors (Lipinski definition) is 2. The number of aromatic nitrogens is 2. The largest absolute Gasteiger partial charge is 0.478 e. The number of para-hydroxylation sites is 1. The summed E-state index contributed by atoms with van der Waals surface area (Å²) in [5, 5.41) is 9.17. The number of rotatable bonds is 3. The first-order valence-corrected chi connectivity index (χ1v) is 7.05. The summed E-state index contributed by atoms with van der Waals surface area (Å²) < 4.78 is 2.46. The number of halogens is 1. The Hall–Kier alpha value is -2.34. The van der Waals surface area contributed by atoms with E-state index >= 15 is 0 Å². The second kappa shape index (κ2) is 5.21. The predicted octanol–water partition coefficient (Wildman–Crippen LogP) is 2.84. The van der Waals surface area contributed by atoms with Crippen LogP contribution in [-0.4, -0.2) is 20.6 Å². The normalized spacial score (nSPS) is 10.9. The fourth-order valence-corrected chi connectivity index (χ4v) is 2.78. The number of aromatic amines is 1. The Kier molecular flexibility index (Phi) is 3.39. The van der Waals surface area contributed by atoms with Crippen LogP contribution in [-0.2, 0) is 6.54 Å². The number of hydrogen-bond acceptors (Lipinski definition) is 2. The van der Waals surface area contributed by atoms with Crippen molar-refractivity contribution in [2.75, 3.05) is 0 Å². The molecule has 21 heavy (non-hydrogen) atoms. The lowest BCUT2D eigenvalue weighted by Gasteiger charge is -2.05. The predicted molar refractivity (Wildman–Crippen MR) is 82.8 cm³/mol. The van der Waals surface area contributed by atoms with Crippen molar-refractivity contribution in [2.24, 2.45) is 0 Å². The number of carbonyl (C=O) groups is 1. The van der Waals surface area contributed by atoms with E-state index in [2.05, 4.69) is 20.9 Å². The van der Waals surface area contributed by atoms with Crippen LogP contribution in [0.2, 0.25) is 0 Å². The Bertz CT molecular complexity index is 895. The number of imidazole rings is 1. The summed E-state index contributed by atoms with van der Waals surface area (Å²) in [6.07, 6.45) is 0. The molecule has 0 amide bonds. The van der Waals surface area contributed by atoms with Crippen LogP contribution in [0, 0.1) is 0 Å². The summed E-state index contributed by atoms with van der Waals surface area (Å²) in [6.45, 7) is 0.376. The highest BCUT2D eigenvalue weighted by Crippen LogP contribution is 2.18. The monoisotopic (exact) mass is 346 g/mol. The van der Waals surface area contributed by atoms with E-state index in [0.29, 0.717) is 17.6 Å². The zero-order valence-electron chi connectivity index (χ0n) is 10.8. The number of nitrogens with zero attached hydrogens (tertiary/aromatic N) is 1. The van der Waals surface area contributed by atoms with Gasteiger partial charge in [0.25, 0.3) is 0 Å². The van der Waals surface area contributed by atoms with Gasteiger partial charge in [-0.3, -0.25) is 4.57 Å². The minimum Gasteiger partial charge on any atom is -0.478 e. The summed E-state index contributed by atoms with van der Waals surface area (Å²) in [7, 11) is 0. The summed E-state index contributed by atoms with van der Waals surface area (Å²) >= 11 is 3.39. The molecule has 1 aromatic heterocycles. The molecule has 0 aliphatic carbocycles. The van der Waals surface area contributed by atoms with Gasteiger partial charge in [0.2, 0.25) is 0 Å². The van der Waals surface area contributed by atoms with Crippen LogP contribution in [0.25, 0.3) is 11.0 Å². The minimum absolute atomic E-state index is 0.0950. The summed E-state index contributed by atoms with van der Waals surface area (Å²) in [5.74, 6) is -1.06. The molecule has 0 aliphatic rings. The molecule has 2 aromatic carbocycles. The van der Waals surface area contributed by atoms with Crippen molar-refractivity contribution in [3.63, 3.8) is 0 Å². The van der Waals surface area contributed by atoms with Gasteiger partial charge in [0.15, 0.2) is 0 Å². The maximum atomic E-state index is 12.1. The molecule has 0 unspecified atom stereocenters. The fourth-order valence-electron chi connectivity index (χ4n) is 2.33. The van der Waals surface area contributed by atoms with Gasteiger partial charge in [-0.1, -0.05) is 34.1 Å². The molecule has 0 bridgehead atoms. The van der Waals surface area contributed by atoms with Gasteiger partial charge < -0.3 is 10.1 Å².